The summed E-state index contributed by atoms with van der Waals surface area (Å²) in [4.78, 5) is 22.3. The Kier molecular flexibility index (Phi) is 5.39. The number of hydrogen-bond acceptors (Lipinski definition) is 4. The molecule has 0 spiro atoms. The Morgan fingerprint density at radius 2 is 2.20 bits per heavy atom. The molecule has 0 unspecified atom stereocenters. The lowest BCUT2D eigenvalue weighted by atomic mass is 9.95. The van der Waals surface area contributed by atoms with Crippen LogP contribution in [-0.2, 0) is 16.1 Å². The number of carbonyl (C=O) groups is 1. The zero-order valence-corrected chi connectivity index (χ0v) is 15.3. The molecule has 2 heterocycles. The molecule has 1 aromatic carbocycles. The predicted octanol–water partition coefficient (Wildman–Crippen LogP) is 2.32. The van der Waals surface area contributed by atoms with Crippen LogP contribution in [0.4, 0.5) is 0 Å². The number of nitrogens with zero attached hydrogens (tertiary/aromatic N) is 2. The van der Waals surface area contributed by atoms with E-state index in [0.717, 1.165) is 49.5 Å². The molecule has 0 saturated carbocycles. The second-order valence-corrected chi connectivity index (χ2v) is 7.72. The Morgan fingerprint density at radius 3 is 2.96 bits per heavy atom. The summed E-state index contributed by atoms with van der Waals surface area (Å²) in [7, 11) is 0. The third kappa shape index (κ3) is 4.80. The van der Waals surface area contributed by atoms with Crippen molar-refractivity contribution in [3.8, 4) is 0 Å². The first-order valence-electron chi connectivity index (χ1n) is 8.98. The maximum absolute atomic E-state index is 11.9. The van der Waals surface area contributed by atoms with Gasteiger partial charge in [-0.3, -0.25) is 9.69 Å². The van der Waals surface area contributed by atoms with E-state index in [0.29, 0.717) is 6.54 Å². The number of hydrogen-bond donors (Lipinski definition) is 2. The fraction of sp³-hybridized carbons (Fsp3) is 0.579. The van der Waals surface area contributed by atoms with Crippen molar-refractivity contribution in [3.05, 3.63) is 30.1 Å². The fourth-order valence-electron chi connectivity index (χ4n) is 3.00. The highest BCUT2D eigenvalue weighted by atomic mass is 16.5. The molecule has 6 nitrogen and oxygen atoms in total. The van der Waals surface area contributed by atoms with Gasteiger partial charge in [0, 0.05) is 25.0 Å². The van der Waals surface area contributed by atoms with E-state index in [1.165, 1.54) is 0 Å². The van der Waals surface area contributed by atoms with Gasteiger partial charge in [-0.05, 0) is 18.6 Å². The largest absolute Gasteiger partial charge is 0.375 e. The van der Waals surface area contributed by atoms with Crippen LogP contribution in [0.3, 0.4) is 0 Å². The minimum Gasteiger partial charge on any atom is -0.375 e. The number of aromatic amines is 1. The van der Waals surface area contributed by atoms with Crippen molar-refractivity contribution in [2.24, 2.45) is 5.41 Å². The van der Waals surface area contributed by atoms with Gasteiger partial charge in [-0.25, -0.2) is 4.98 Å². The third-order valence-electron chi connectivity index (χ3n) is 4.47. The zero-order valence-electron chi connectivity index (χ0n) is 15.3. The SMILES string of the molecule is CC(C)(C)C(=O)NCC[C@H]1CN(Cc2nc3ccccc3[nH]2)CCO1. The van der Waals surface area contributed by atoms with E-state index in [2.05, 4.69) is 20.2 Å². The number of ether oxygens (including phenoxy) is 1. The number of para-hydroxylation sites is 2. The normalized spacial score (nSPS) is 19.2. The van der Waals surface area contributed by atoms with E-state index < -0.39 is 0 Å². The van der Waals surface area contributed by atoms with Crippen LogP contribution in [0.1, 0.15) is 33.0 Å². The quantitative estimate of drug-likeness (QED) is 0.873. The standard InChI is InChI=1S/C19H28N4O2/c1-19(2,3)18(24)20-9-8-14-12-23(10-11-25-14)13-17-21-15-6-4-5-7-16(15)22-17/h4-7,14H,8-13H2,1-3H3,(H,20,24)(H,21,22)/t14-/m0/s1. The van der Waals surface area contributed by atoms with Gasteiger partial charge in [0.15, 0.2) is 0 Å². The van der Waals surface area contributed by atoms with Crippen LogP contribution in [0.25, 0.3) is 11.0 Å². The molecule has 0 aliphatic carbocycles. The molecule has 25 heavy (non-hydrogen) atoms. The monoisotopic (exact) mass is 344 g/mol. The number of benzene rings is 1. The minimum atomic E-state index is -0.346. The van der Waals surface area contributed by atoms with E-state index in [4.69, 9.17) is 4.74 Å². The molecule has 6 heteroatoms. The molecule has 0 bridgehead atoms. The van der Waals surface area contributed by atoms with E-state index in [1.807, 2.05) is 45.0 Å². The smallest absolute Gasteiger partial charge is 0.225 e. The second-order valence-electron chi connectivity index (χ2n) is 7.72. The summed E-state index contributed by atoms with van der Waals surface area (Å²) < 4.78 is 5.85. The van der Waals surface area contributed by atoms with Gasteiger partial charge in [0.25, 0.3) is 0 Å². The Balaban J connectivity index is 1.48. The summed E-state index contributed by atoms with van der Waals surface area (Å²) in [6, 6.07) is 8.09. The summed E-state index contributed by atoms with van der Waals surface area (Å²) in [5.74, 6) is 1.07. The van der Waals surface area contributed by atoms with Gasteiger partial charge >= 0.3 is 0 Å². The average molecular weight is 344 g/mol. The molecule has 1 aromatic heterocycles. The Hall–Kier alpha value is -1.92. The van der Waals surface area contributed by atoms with Crippen LogP contribution >= 0.6 is 0 Å². The summed E-state index contributed by atoms with van der Waals surface area (Å²) >= 11 is 0. The van der Waals surface area contributed by atoms with Gasteiger partial charge in [-0.15, -0.1) is 0 Å². The lowest BCUT2D eigenvalue weighted by Gasteiger charge is -2.32. The van der Waals surface area contributed by atoms with Crippen LogP contribution in [0, 0.1) is 5.41 Å². The van der Waals surface area contributed by atoms with Crippen LogP contribution in [-0.4, -0.2) is 53.1 Å². The maximum atomic E-state index is 11.9. The van der Waals surface area contributed by atoms with Gasteiger partial charge in [-0.2, -0.15) is 0 Å². The van der Waals surface area contributed by atoms with Crippen LogP contribution < -0.4 is 5.32 Å². The van der Waals surface area contributed by atoms with E-state index in [-0.39, 0.29) is 17.4 Å². The van der Waals surface area contributed by atoms with Crippen molar-refractivity contribution in [3.63, 3.8) is 0 Å². The lowest BCUT2D eigenvalue weighted by molar-refractivity contribution is -0.128. The second kappa shape index (κ2) is 7.54. The number of fused-ring (bicyclic) bond motifs is 1. The predicted molar refractivity (Wildman–Crippen MR) is 98.2 cm³/mol. The topological polar surface area (TPSA) is 70.2 Å². The van der Waals surface area contributed by atoms with Gasteiger partial charge in [0.05, 0.1) is 30.3 Å². The summed E-state index contributed by atoms with van der Waals surface area (Å²) in [5.41, 5.74) is 1.74. The fourth-order valence-corrected chi connectivity index (χ4v) is 3.00. The first kappa shape index (κ1) is 17.9. The van der Waals surface area contributed by atoms with Crippen LogP contribution in [0.2, 0.25) is 0 Å². The molecule has 1 amide bonds. The molecule has 1 aliphatic rings. The van der Waals surface area contributed by atoms with Gasteiger partial charge in [0.2, 0.25) is 5.91 Å². The molecule has 136 valence electrons. The molecule has 3 rings (SSSR count). The molecular weight excluding hydrogens is 316 g/mol. The molecule has 1 saturated heterocycles. The zero-order chi connectivity index (χ0) is 17.9. The number of morpholine rings is 1. The Bertz CT molecular complexity index is 687. The van der Waals surface area contributed by atoms with Crippen molar-refractivity contribution in [2.45, 2.75) is 39.8 Å². The Labute approximate surface area is 149 Å². The molecule has 2 aromatic rings. The van der Waals surface area contributed by atoms with Crippen molar-refractivity contribution >= 4 is 16.9 Å². The summed E-state index contributed by atoms with van der Waals surface area (Å²) in [5, 5.41) is 3.00. The minimum absolute atomic E-state index is 0.0856. The average Bonchev–Trinajstić information content (AvgIpc) is 2.96. The summed E-state index contributed by atoms with van der Waals surface area (Å²) in [6.45, 7) is 9.71. The number of rotatable bonds is 5. The van der Waals surface area contributed by atoms with Crippen LogP contribution in [0.15, 0.2) is 24.3 Å². The maximum Gasteiger partial charge on any atom is 0.225 e. The van der Waals surface area contributed by atoms with E-state index >= 15 is 0 Å². The lowest BCUT2D eigenvalue weighted by Crippen LogP contribution is -2.44. The highest BCUT2D eigenvalue weighted by Crippen LogP contribution is 2.15. The molecular formula is C19H28N4O2. The molecule has 1 atom stereocenters. The highest BCUT2D eigenvalue weighted by molar-refractivity contribution is 5.81. The van der Waals surface area contributed by atoms with Crippen molar-refractivity contribution < 1.29 is 9.53 Å². The van der Waals surface area contributed by atoms with E-state index in [9.17, 15) is 4.79 Å². The number of H-pyrrole nitrogens is 1. The molecule has 2 N–H and O–H groups in total. The first-order valence-corrected chi connectivity index (χ1v) is 8.98. The third-order valence-corrected chi connectivity index (χ3v) is 4.47. The number of carbonyl (C=O) groups excluding carboxylic acids is 1. The highest BCUT2D eigenvalue weighted by Gasteiger charge is 2.23. The number of amides is 1. The first-order chi connectivity index (χ1) is 11.9. The number of aromatic nitrogens is 2. The number of nitrogens with one attached hydrogen (secondary N) is 2. The van der Waals surface area contributed by atoms with Gasteiger partial charge in [-0.1, -0.05) is 32.9 Å². The van der Waals surface area contributed by atoms with Crippen molar-refractivity contribution in [1.29, 1.82) is 0 Å². The number of imidazole rings is 1. The Morgan fingerprint density at radius 1 is 1.40 bits per heavy atom. The van der Waals surface area contributed by atoms with Gasteiger partial charge in [0.1, 0.15) is 5.82 Å². The van der Waals surface area contributed by atoms with E-state index in [1.54, 1.807) is 0 Å². The molecule has 1 aliphatic heterocycles. The van der Waals surface area contributed by atoms with Crippen LogP contribution in [0.5, 0.6) is 0 Å². The molecule has 1 fully saturated rings. The van der Waals surface area contributed by atoms with Crippen molar-refractivity contribution in [2.75, 3.05) is 26.2 Å². The van der Waals surface area contributed by atoms with Crippen molar-refractivity contribution in [1.82, 2.24) is 20.2 Å². The summed E-state index contributed by atoms with van der Waals surface area (Å²) in [6.07, 6.45) is 0.983. The molecule has 0 radical (unpaired) electrons. The van der Waals surface area contributed by atoms with Gasteiger partial charge < -0.3 is 15.0 Å².